The third-order valence-corrected chi connectivity index (χ3v) is 5.25. The zero-order valence-corrected chi connectivity index (χ0v) is 17.1. The predicted octanol–water partition coefficient (Wildman–Crippen LogP) is 2.70. The SMILES string of the molecule is COc1cc(-c2nn(C[NH+]3CCCCCCC3)c(=S)o2)cc(OC)c1OC. The Hall–Kier alpha value is -2.06. The molecular formula is C19H28N3O4S+. The van der Waals surface area contributed by atoms with Crippen molar-refractivity contribution in [1.29, 1.82) is 0 Å². The maximum absolute atomic E-state index is 5.77. The molecule has 0 saturated carbocycles. The van der Waals surface area contributed by atoms with E-state index in [9.17, 15) is 0 Å². The van der Waals surface area contributed by atoms with Crippen LogP contribution >= 0.6 is 12.2 Å². The number of quaternary nitrogens is 1. The molecule has 1 N–H and O–H groups in total. The summed E-state index contributed by atoms with van der Waals surface area (Å²) in [4.78, 5) is 1.88. The van der Waals surface area contributed by atoms with Crippen LogP contribution in [-0.4, -0.2) is 44.2 Å². The summed E-state index contributed by atoms with van der Waals surface area (Å²) in [6.07, 6.45) is 6.47. The molecule has 0 aliphatic carbocycles. The lowest BCUT2D eigenvalue weighted by Gasteiger charge is -2.20. The summed E-state index contributed by atoms with van der Waals surface area (Å²) in [5, 5.41) is 4.61. The zero-order valence-electron chi connectivity index (χ0n) is 16.2. The van der Waals surface area contributed by atoms with Crippen LogP contribution in [0.5, 0.6) is 17.2 Å². The molecule has 27 heavy (non-hydrogen) atoms. The molecule has 7 nitrogen and oxygen atoms in total. The van der Waals surface area contributed by atoms with Crippen LogP contribution in [0, 0.1) is 4.84 Å². The molecule has 1 fully saturated rings. The summed E-state index contributed by atoms with van der Waals surface area (Å²) >= 11 is 5.41. The smallest absolute Gasteiger partial charge is 0.292 e. The maximum atomic E-state index is 5.77. The van der Waals surface area contributed by atoms with E-state index in [-0.39, 0.29) is 0 Å². The minimum Gasteiger partial charge on any atom is -0.493 e. The molecule has 148 valence electrons. The molecule has 0 spiro atoms. The molecule has 1 aromatic carbocycles. The van der Waals surface area contributed by atoms with Crippen LogP contribution in [0.1, 0.15) is 32.1 Å². The second kappa shape index (κ2) is 9.23. The summed E-state index contributed by atoms with van der Waals surface area (Å²) in [6, 6.07) is 3.63. The highest BCUT2D eigenvalue weighted by atomic mass is 32.1. The predicted molar refractivity (Wildman–Crippen MR) is 104 cm³/mol. The summed E-state index contributed by atoms with van der Waals surface area (Å²) in [6.45, 7) is 3.02. The van der Waals surface area contributed by atoms with Crippen LogP contribution in [0.15, 0.2) is 16.5 Å². The molecule has 1 aromatic heterocycles. The van der Waals surface area contributed by atoms with Gasteiger partial charge >= 0.3 is 0 Å². The van der Waals surface area contributed by atoms with Gasteiger partial charge in [0.15, 0.2) is 18.2 Å². The highest BCUT2D eigenvalue weighted by molar-refractivity contribution is 7.71. The van der Waals surface area contributed by atoms with Crippen LogP contribution in [0.4, 0.5) is 0 Å². The molecule has 0 radical (unpaired) electrons. The fourth-order valence-electron chi connectivity index (χ4n) is 3.50. The van der Waals surface area contributed by atoms with Crippen molar-refractivity contribution in [3.05, 3.63) is 17.0 Å². The number of benzene rings is 1. The van der Waals surface area contributed by atoms with Gasteiger partial charge in [-0.1, -0.05) is 6.42 Å². The Balaban J connectivity index is 1.86. The molecule has 0 amide bonds. The first-order chi connectivity index (χ1) is 13.2. The average Bonchev–Trinajstić information content (AvgIpc) is 3.03. The Morgan fingerprint density at radius 2 is 1.59 bits per heavy atom. The van der Waals surface area contributed by atoms with E-state index >= 15 is 0 Å². The van der Waals surface area contributed by atoms with Crippen molar-refractivity contribution >= 4 is 12.2 Å². The summed E-state index contributed by atoms with van der Waals surface area (Å²) in [7, 11) is 4.74. The number of hydrogen-bond donors (Lipinski definition) is 1. The van der Waals surface area contributed by atoms with E-state index in [0.29, 0.717) is 28.0 Å². The van der Waals surface area contributed by atoms with Gasteiger partial charge in [0, 0.05) is 5.56 Å². The van der Waals surface area contributed by atoms with Crippen LogP contribution in [0.25, 0.3) is 11.5 Å². The number of ether oxygens (including phenoxy) is 3. The number of methoxy groups -OCH3 is 3. The van der Waals surface area contributed by atoms with Gasteiger partial charge in [0.05, 0.1) is 34.4 Å². The summed E-state index contributed by atoms with van der Waals surface area (Å²) < 4.78 is 23.8. The van der Waals surface area contributed by atoms with Gasteiger partial charge in [-0.3, -0.25) is 0 Å². The number of rotatable bonds is 6. The third kappa shape index (κ3) is 4.62. The summed E-state index contributed by atoms with van der Waals surface area (Å²) in [5.74, 6) is 2.09. The Kier molecular flexibility index (Phi) is 6.73. The second-order valence-corrected chi connectivity index (χ2v) is 7.11. The van der Waals surface area contributed by atoms with Gasteiger partial charge in [-0.2, -0.15) is 4.68 Å². The van der Waals surface area contributed by atoms with E-state index in [2.05, 4.69) is 5.10 Å². The van der Waals surface area contributed by atoms with Crippen LogP contribution in [0.3, 0.4) is 0 Å². The molecule has 3 rings (SSSR count). The van der Waals surface area contributed by atoms with E-state index in [1.165, 1.54) is 37.0 Å². The van der Waals surface area contributed by atoms with Crippen LogP contribution < -0.4 is 19.1 Å². The van der Waals surface area contributed by atoms with Crippen molar-refractivity contribution in [3.8, 4) is 28.7 Å². The first-order valence-corrected chi connectivity index (χ1v) is 9.79. The minimum absolute atomic E-state index is 0.383. The molecule has 1 saturated heterocycles. The number of aromatic nitrogens is 2. The molecule has 0 bridgehead atoms. The number of hydrogen-bond acceptors (Lipinski definition) is 6. The monoisotopic (exact) mass is 394 g/mol. The Morgan fingerprint density at radius 1 is 1.00 bits per heavy atom. The first kappa shape index (κ1) is 19.7. The Bertz CT molecular complexity index is 785. The van der Waals surface area contributed by atoms with Crippen LogP contribution in [0.2, 0.25) is 0 Å². The lowest BCUT2D eigenvalue weighted by molar-refractivity contribution is -0.924. The van der Waals surface area contributed by atoms with E-state index < -0.39 is 0 Å². The standard InChI is InChI=1S/C19H27N3O4S/c1-23-15-11-14(12-16(24-2)17(15)25-3)18-20-22(19(27)26-18)13-21-9-7-5-4-6-8-10-21/h11-12H,4-10,13H2,1-3H3/p+1. The van der Waals surface area contributed by atoms with Gasteiger partial charge in [0.1, 0.15) is 0 Å². The van der Waals surface area contributed by atoms with Crippen molar-refractivity contribution in [2.75, 3.05) is 34.4 Å². The average molecular weight is 395 g/mol. The lowest BCUT2D eigenvalue weighted by atomic mass is 10.1. The van der Waals surface area contributed by atoms with Crippen molar-refractivity contribution in [3.63, 3.8) is 0 Å². The van der Waals surface area contributed by atoms with E-state index in [0.717, 1.165) is 25.3 Å². The quantitative estimate of drug-likeness (QED) is 0.760. The van der Waals surface area contributed by atoms with E-state index in [1.807, 2.05) is 12.1 Å². The highest BCUT2D eigenvalue weighted by Gasteiger charge is 2.19. The normalized spacial score (nSPS) is 15.8. The van der Waals surface area contributed by atoms with E-state index in [1.54, 1.807) is 26.0 Å². The van der Waals surface area contributed by atoms with Gasteiger partial charge in [0.2, 0.25) is 11.6 Å². The molecule has 0 unspecified atom stereocenters. The van der Waals surface area contributed by atoms with Gasteiger partial charge in [-0.25, -0.2) is 0 Å². The van der Waals surface area contributed by atoms with Gasteiger partial charge in [-0.15, -0.1) is 5.10 Å². The summed E-state index contributed by atoms with van der Waals surface area (Å²) in [5.41, 5.74) is 0.733. The van der Waals surface area contributed by atoms with Crippen LogP contribution in [-0.2, 0) is 6.67 Å². The van der Waals surface area contributed by atoms with Gasteiger partial charge in [0.25, 0.3) is 4.84 Å². The largest absolute Gasteiger partial charge is 0.493 e. The molecule has 1 aliphatic rings. The molecule has 1 aliphatic heterocycles. The molecule has 0 atom stereocenters. The second-order valence-electron chi connectivity index (χ2n) is 6.76. The number of nitrogens with zero attached hydrogens (tertiary/aromatic N) is 2. The highest BCUT2D eigenvalue weighted by Crippen LogP contribution is 2.40. The van der Waals surface area contributed by atoms with Gasteiger partial charge < -0.3 is 23.5 Å². The third-order valence-electron chi connectivity index (χ3n) is 4.95. The van der Waals surface area contributed by atoms with E-state index in [4.69, 9.17) is 30.8 Å². The topological polar surface area (TPSA) is 63.1 Å². The molecule has 2 heterocycles. The fraction of sp³-hybridized carbons (Fsp3) is 0.579. The first-order valence-electron chi connectivity index (χ1n) is 9.38. The van der Waals surface area contributed by atoms with Crippen molar-refractivity contribution in [1.82, 2.24) is 9.78 Å². The maximum Gasteiger partial charge on any atom is 0.292 e. The Labute approximate surface area is 164 Å². The fourth-order valence-corrected chi connectivity index (χ4v) is 3.69. The lowest BCUT2D eigenvalue weighted by Crippen LogP contribution is -3.11. The number of nitrogens with one attached hydrogen (secondary N) is 1. The zero-order chi connectivity index (χ0) is 19.2. The molecule has 8 heteroatoms. The Morgan fingerprint density at radius 3 is 2.15 bits per heavy atom. The van der Waals surface area contributed by atoms with Crippen molar-refractivity contribution in [2.24, 2.45) is 0 Å². The number of likely N-dealkylation sites (tertiary alicyclic amines) is 1. The van der Waals surface area contributed by atoms with Crippen molar-refractivity contribution < 1.29 is 23.5 Å². The molecular weight excluding hydrogens is 366 g/mol. The van der Waals surface area contributed by atoms with Gasteiger partial charge in [-0.05, 0) is 50.0 Å². The minimum atomic E-state index is 0.383. The molecule has 2 aromatic rings. The van der Waals surface area contributed by atoms with Crippen molar-refractivity contribution in [2.45, 2.75) is 38.8 Å².